The van der Waals surface area contributed by atoms with E-state index in [2.05, 4.69) is 13.8 Å². The normalized spacial score (nSPS) is 9.76. The molecule has 0 bridgehead atoms. The number of hydrogen-bond donors (Lipinski definition) is 0. The van der Waals surface area contributed by atoms with Crippen LogP contribution in [0, 0.1) is 23.0 Å². The second-order valence-corrected chi connectivity index (χ2v) is 5.53. The Morgan fingerprint density at radius 1 is 0.760 bits per heavy atom. The van der Waals surface area contributed by atoms with Crippen LogP contribution in [0.3, 0.4) is 0 Å². The molecule has 0 unspecified atom stereocenters. The SMILES string of the molecule is CCCc1cc(Oc2ccc(OC#N)c(CCC)c2)ccc1OC#N. The molecule has 0 radical (unpaired) electrons. The van der Waals surface area contributed by atoms with Crippen molar-refractivity contribution in [1.29, 1.82) is 10.5 Å². The van der Waals surface area contributed by atoms with Gasteiger partial charge in [0.1, 0.15) is 23.0 Å². The summed E-state index contributed by atoms with van der Waals surface area (Å²) in [5.74, 6) is 2.46. The topological polar surface area (TPSA) is 75.3 Å². The molecular formula is C20H20N2O3. The van der Waals surface area contributed by atoms with Crippen LogP contribution in [0.25, 0.3) is 0 Å². The van der Waals surface area contributed by atoms with Gasteiger partial charge in [0.25, 0.3) is 12.5 Å². The van der Waals surface area contributed by atoms with E-state index in [1.807, 2.05) is 12.1 Å². The molecule has 0 fully saturated rings. The Hall–Kier alpha value is -3.18. The van der Waals surface area contributed by atoms with Crippen LogP contribution in [-0.2, 0) is 12.8 Å². The van der Waals surface area contributed by atoms with E-state index >= 15 is 0 Å². The van der Waals surface area contributed by atoms with Crippen molar-refractivity contribution >= 4 is 0 Å². The van der Waals surface area contributed by atoms with E-state index in [0.717, 1.165) is 36.8 Å². The maximum Gasteiger partial charge on any atom is 0.292 e. The summed E-state index contributed by atoms with van der Waals surface area (Å²) in [5, 5.41) is 17.5. The summed E-state index contributed by atoms with van der Waals surface area (Å²) in [6.07, 6.45) is 6.89. The van der Waals surface area contributed by atoms with Crippen molar-refractivity contribution < 1.29 is 14.2 Å². The van der Waals surface area contributed by atoms with Crippen molar-refractivity contribution in [2.24, 2.45) is 0 Å². The Balaban J connectivity index is 2.27. The summed E-state index contributed by atoms with van der Waals surface area (Å²) in [4.78, 5) is 0. The molecule has 0 heterocycles. The van der Waals surface area contributed by atoms with Gasteiger partial charge in [0.2, 0.25) is 0 Å². The van der Waals surface area contributed by atoms with E-state index in [-0.39, 0.29) is 0 Å². The largest absolute Gasteiger partial charge is 0.457 e. The van der Waals surface area contributed by atoms with Crippen LogP contribution < -0.4 is 14.2 Å². The molecule has 25 heavy (non-hydrogen) atoms. The number of rotatable bonds is 8. The first-order chi connectivity index (χ1) is 12.2. The van der Waals surface area contributed by atoms with Crippen molar-refractivity contribution in [2.75, 3.05) is 0 Å². The van der Waals surface area contributed by atoms with Gasteiger partial charge in [-0.1, -0.05) is 26.7 Å². The molecule has 128 valence electrons. The van der Waals surface area contributed by atoms with Gasteiger partial charge in [-0.2, -0.15) is 0 Å². The minimum Gasteiger partial charge on any atom is -0.457 e. The molecule has 5 nitrogen and oxygen atoms in total. The molecule has 0 aromatic heterocycles. The standard InChI is InChI=1S/C20H20N2O3/c1-3-5-15-11-17(7-9-19(15)23-13-21)25-18-8-10-20(24-14-22)16(12-18)6-4-2/h7-12H,3-6H2,1-2H3. The fourth-order valence-electron chi connectivity index (χ4n) is 2.60. The molecule has 2 aromatic rings. The number of ether oxygens (including phenoxy) is 3. The zero-order valence-corrected chi connectivity index (χ0v) is 14.4. The summed E-state index contributed by atoms with van der Waals surface area (Å²) >= 11 is 0. The van der Waals surface area contributed by atoms with Gasteiger partial charge < -0.3 is 14.2 Å². The molecule has 0 spiro atoms. The number of nitriles is 2. The third-order valence-electron chi connectivity index (χ3n) is 3.65. The Labute approximate surface area is 148 Å². The van der Waals surface area contributed by atoms with E-state index in [0.29, 0.717) is 23.0 Å². The van der Waals surface area contributed by atoms with Crippen molar-refractivity contribution in [1.82, 2.24) is 0 Å². The van der Waals surface area contributed by atoms with Gasteiger partial charge in [-0.05, 0) is 60.4 Å². The molecule has 0 aliphatic carbocycles. The third-order valence-corrected chi connectivity index (χ3v) is 3.65. The van der Waals surface area contributed by atoms with Gasteiger partial charge in [-0.15, -0.1) is 10.5 Å². The second kappa shape index (κ2) is 9.20. The van der Waals surface area contributed by atoms with Crippen molar-refractivity contribution in [2.45, 2.75) is 39.5 Å². The molecule has 5 heteroatoms. The second-order valence-electron chi connectivity index (χ2n) is 5.53. The first-order valence-electron chi connectivity index (χ1n) is 8.27. The van der Waals surface area contributed by atoms with Crippen LogP contribution in [-0.4, -0.2) is 0 Å². The van der Waals surface area contributed by atoms with Crippen molar-refractivity contribution in [3.05, 3.63) is 47.5 Å². The predicted molar refractivity (Wildman–Crippen MR) is 93.4 cm³/mol. The Bertz CT molecular complexity index is 736. The third kappa shape index (κ3) is 4.89. The summed E-state index contributed by atoms with van der Waals surface area (Å²) in [7, 11) is 0. The van der Waals surface area contributed by atoms with E-state index < -0.39 is 0 Å². The molecule has 0 aliphatic rings. The van der Waals surface area contributed by atoms with Crippen LogP contribution in [0.1, 0.15) is 37.8 Å². The van der Waals surface area contributed by atoms with Gasteiger partial charge in [-0.25, -0.2) is 0 Å². The fraction of sp³-hybridized carbons (Fsp3) is 0.300. The van der Waals surface area contributed by atoms with E-state index in [1.165, 1.54) is 0 Å². The summed E-state index contributed by atoms with van der Waals surface area (Å²) in [5.41, 5.74) is 1.86. The molecule has 2 rings (SSSR count). The highest BCUT2D eigenvalue weighted by atomic mass is 16.5. The minimum atomic E-state index is 0.557. The van der Waals surface area contributed by atoms with E-state index in [9.17, 15) is 0 Å². The molecule has 0 N–H and O–H groups in total. The van der Waals surface area contributed by atoms with Gasteiger partial charge >= 0.3 is 0 Å². The monoisotopic (exact) mass is 336 g/mol. The Kier molecular flexibility index (Phi) is 6.68. The first-order valence-corrected chi connectivity index (χ1v) is 8.27. The lowest BCUT2D eigenvalue weighted by molar-refractivity contribution is 0.467. The zero-order chi connectivity index (χ0) is 18.1. The van der Waals surface area contributed by atoms with Gasteiger partial charge in [0.05, 0.1) is 0 Å². The highest BCUT2D eigenvalue weighted by molar-refractivity contribution is 5.45. The molecule has 0 amide bonds. The minimum absolute atomic E-state index is 0.557. The van der Waals surface area contributed by atoms with Gasteiger partial charge in [-0.3, -0.25) is 0 Å². The smallest absolute Gasteiger partial charge is 0.292 e. The number of aryl methyl sites for hydroxylation is 2. The van der Waals surface area contributed by atoms with Crippen LogP contribution in [0.5, 0.6) is 23.0 Å². The fourth-order valence-corrected chi connectivity index (χ4v) is 2.60. The molecular weight excluding hydrogens is 316 g/mol. The summed E-state index contributed by atoms with van der Waals surface area (Å²) < 4.78 is 15.9. The predicted octanol–water partition coefficient (Wildman–Crippen LogP) is 5.10. The van der Waals surface area contributed by atoms with Crippen LogP contribution >= 0.6 is 0 Å². The summed E-state index contributed by atoms with van der Waals surface area (Å²) in [6.45, 7) is 4.13. The molecule has 0 atom stereocenters. The lowest BCUT2D eigenvalue weighted by Crippen LogP contribution is -1.95. The Morgan fingerprint density at radius 2 is 1.20 bits per heavy atom. The van der Waals surface area contributed by atoms with Crippen LogP contribution in [0.15, 0.2) is 36.4 Å². The van der Waals surface area contributed by atoms with E-state index in [4.69, 9.17) is 24.7 Å². The number of benzene rings is 2. The zero-order valence-electron chi connectivity index (χ0n) is 14.4. The molecule has 0 aliphatic heterocycles. The van der Waals surface area contributed by atoms with Crippen LogP contribution in [0.2, 0.25) is 0 Å². The molecule has 0 saturated carbocycles. The number of nitrogens with zero attached hydrogens (tertiary/aromatic N) is 2. The highest BCUT2D eigenvalue weighted by Gasteiger charge is 2.09. The highest BCUT2D eigenvalue weighted by Crippen LogP contribution is 2.31. The maximum atomic E-state index is 8.73. The van der Waals surface area contributed by atoms with Gasteiger partial charge in [0, 0.05) is 0 Å². The Morgan fingerprint density at radius 3 is 1.56 bits per heavy atom. The molecule has 2 aromatic carbocycles. The average molecular weight is 336 g/mol. The lowest BCUT2D eigenvalue weighted by atomic mass is 10.1. The maximum absolute atomic E-state index is 8.73. The first kappa shape index (κ1) is 18.2. The van der Waals surface area contributed by atoms with Crippen LogP contribution in [0.4, 0.5) is 0 Å². The van der Waals surface area contributed by atoms with Crippen molar-refractivity contribution in [3.8, 4) is 35.5 Å². The lowest BCUT2D eigenvalue weighted by Gasteiger charge is -2.12. The van der Waals surface area contributed by atoms with E-state index in [1.54, 1.807) is 36.8 Å². The van der Waals surface area contributed by atoms with Crippen molar-refractivity contribution in [3.63, 3.8) is 0 Å². The average Bonchev–Trinajstić information content (AvgIpc) is 2.60. The quantitative estimate of drug-likeness (QED) is 0.627. The van der Waals surface area contributed by atoms with Gasteiger partial charge in [0.15, 0.2) is 0 Å². The number of hydrogen-bond acceptors (Lipinski definition) is 5. The molecule has 0 saturated heterocycles. The summed E-state index contributed by atoms with van der Waals surface area (Å²) in [6, 6.07) is 10.8.